The maximum Gasteiger partial charge on any atom is 0.0356 e. The van der Waals surface area contributed by atoms with Gasteiger partial charge in [-0.15, -0.1) is 0 Å². The van der Waals surface area contributed by atoms with E-state index in [1.54, 1.807) is 0 Å². The summed E-state index contributed by atoms with van der Waals surface area (Å²) in [5.74, 6) is 1.67. The predicted octanol–water partition coefficient (Wildman–Crippen LogP) is 4.99. The molecule has 0 spiro atoms. The molecule has 1 aromatic carbocycles. The summed E-state index contributed by atoms with van der Waals surface area (Å²) >= 11 is 3.56. The molecule has 17 heavy (non-hydrogen) atoms. The van der Waals surface area contributed by atoms with Crippen LogP contribution in [0.15, 0.2) is 22.7 Å². The highest BCUT2D eigenvalue weighted by atomic mass is 79.9. The number of hydrogen-bond acceptors (Lipinski definition) is 1. The lowest BCUT2D eigenvalue weighted by molar-refractivity contribution is 0.276. The minimum absolute atomic E-state index is 0.639. The van der Waals surface area contributed by atoms with E-state index in [0.29, 0.717) is 6.04 Å². The first-order chi connectivity index (χ1) is 8.04. The highest BCUT2D eigenvalue weighted by Crippen LogP contribution is 2.31. The lowest BCUT2D eigenvalue weighted by atomic mass is 9.80. The van der Waals surface area contributed by atoms with Crippen molar-refractivity contribution in [1.29, 1.82) is 0 Å². The SMILES string of the molecule is Cc1cc(Br)cc(NC2CCC(C)CC2C)c1. The van der Waals surface area contributed by atoms with E-state index in [4.69, 9.17) is 0 Å². The van der Waals surface area contributed by atoms with E-state index in [2.05, 4.69) is 60.2 Å². The molecule has 2 heteroatoms. The Balaban J connectivity index is 2.05. The molecule has 0 aliphatic heterocycles. The standard InChI is InChI=1S/C15H22BrN/c1-10-4-5-15(12(3)6-10)17-14-8-11(2)7-13(16)9-14/h7-10,12,15,17H,4-6H2,1-3H3. The summed E-state index contributed by atoms with van der Waals surface area (Å²) in [4.78, 5) is 0. The summed E-state index contributed by atoms with van der Waals surface area (Å²) in [7, 11) is 0. The lowest BCUT2D eigenvalue weighted by Crippen LogP contribution is -2.32. The third kappa shape index (κ3) is 3.48. The summed E-state index contributed by atoms with van der Waals surface area (Å²) < 4.78 is 1.16. The van der Waals surface area contributed by atoms with Gasteiger partial charge in [-0.3, -0.25) is 0 Å². The van der Waals surface area contributed by atoms with Crippen LogP contribution >= 0.6 is 15.9 Å². The maximum absolute atomic E-state index is 3.70. The van der Waals surface area contributed by atoms with Crippen LogP contribution in [0.2, 0.25) is 0 Å². The van der Waals surface area contributed by atoms with Crippen molar-refractivity contribution in [2.45, 2.75) is 46.1 Å². The Kier molecular flexibility index (Phi) is 4.13. The van der Waals surface area contributed by atoms with Crippen molar-refractivity contribution in [2.24, 2.45) is 11.8 Å². The Hall–Kier alpha value is -0.500. The van der Waals surface area contributed by atoms with E-state index < -0.39 is 0 Å². The molecule has 2 rings (SSSR count). The van der Waals surface area contributed by atoms with Gasteiger partial charge in [-0.05, 0) is 61.8 Å². The van der Waals surface area contributed by atoms with Gasteiger partial charge in [0.15, 0.2) is 0 Å². The number of hydrogen-bond donors (Lipinski definition) is 1. The molecule has 0 radical (unpaired) electrons. The van der Waals surface area contributed by atoms with Gasteiger partial charge < -0.3 is 5.32 Å². The molecule has 0 amide bonds. The van der Waals surface area contributed by atoms with Crippen molar-refractivity contribution in [3.05, 3.63) is 28.2 Å². The van der Waals surface area contributed by atoms with Gasteiger partial charge in [-0.2, -0.15) is 0 Å². The van der Waals surface area contributed by atoms with Gasteiger partial charge in [-0.25, -0.2) is 0 Å². The average Bonchev–Trinajstić information content (AvgIpc) is 2.21. The Morgan fingerprint density at radius 1 is 1.18 bits per heavy atom. The minimum atomic E-state index is 0.639. The van der Waals surface area contributed by atoms with Crippen LogP contribution in [0.4, 0.5) is 5.69 Å². The number of halogens is 1. The van der Waals surface area contributed by atoms with Crippen molar-refractivity contribution >= 4 is 21.6 Å². The number of benzene rings is 1. The average molecular weight is 296 g/mol. The van der Waals surface area contributed by atoms with Gasteiger partial charge in [0.05, 0.1) is 0 Å². The number of rotatable bonds is 2. The van der Waals surface area contributed by atoms with Crippen molar-refractivity contribution in [3.8, 4) is 0 Å². The molecule has 3 atom stereocenters. The van der Waals surface area contributed by atoms with Crippen LogP contribution in [0, 0.1) is 18.8 Å². The molecule has 94 valence electrons. The summed E-state index contributed by atoms with van der Waals surface area (Å²) in [5.41, 5.74) is 2.56. The quantitative estimate of drug-likeness (QED) is 0.810. The first kappa shape index (κ1) is 12.9. The molecular weight excluding hydrogens is 274 g/mol. The summed E-state index contributed by atoms with van der Waals surface area (Å²) in [6.45, 7) is 6.89. The Bertz CT molecular complexity index is 368. The van der Waals surface area contributed by atoms with Crippen LogP contribution in [0.5, 0.6) is 0 Å². The van der Waals surface area contributed by atoms with Crippen LogP contribution in [0.3, 0.4) is 0 Å². The van der Waals surface area contributed by atoms with Crippen molar-refractivity contribution in [2.75, 3.05) is 5.32 Å². The van der Waals surface area contributed by atoms with E-state index >= 15 is 0 Å². The monoisotopic (exact) mass is 295 g/mol. The van der Waals surface area contributed by atoms with E-state index in [-0.39, 0.29) is 0 Å². The van der Waals surface area contributed by atoms with Crippen molar-refractivity contribution in [1.82, 2.24) is 0 Å². The van der Waals surface area contributed by atoms with Gasteiger partial charge in [0.2, 0.25) is 0 Å². The lowest BCUT2D eigenvalue weighted by Gasteiger charge is -2.34. The second-order valence-corrected chi connectivity index (χ2v) is 6.58. The van der Waals surface area contributed by atoms with Crippen LogP contribution in [-0.2, 0) is 0 Å². The molecule has 1 aliphatic rings. The van der Waals surface area contributed by atoms with Gasteiger partial charge in [0, 0.05) is 16.2 Å². The molecule has 0 saturated heterocycles. The zero-order chi connectivity index (χ0) is 12.4. The highest BCUT2D eigenvalue weighted by Gasteiger charge is 2.25. The van der Waals surface area contributed by atoms with E-state index in [1.807, 2.05) is 0 Å². The molecule has 0 aromatic heterocycles. The van der Waals surface area contributed by atoms with Crippen LogP contribution in [-0.4, -0.2) is 6.04 Å². The smallest absolute Gasteiger partial charge is 0.0356 e. The molecular formula is C15H22BrN. The maximum atomic E-state index is 3.70. The van der Waals surface area contributed by atoms with E-state index in [0.717, 1.165) is 16.3 Å². The fourth-order valence-corrected chi connectivity index (χ4v) is 3.52. The second kappa shape index (κ2) is 5.43. The zero-order valence-corrected chi connectivity index (χ0v) is 12.5. The first-order valence-electron chi connectivity index (χ1n) is 6.58. The van der Waals surface area contributed by atoms with E-state index in [1.165, 1.54) is 30.5 Å². The molecule has 1 saturated carbocycles. The second-order valence-electron chi connectivity index (χ2n) is 5.66. The third-order valence-corrected chi connectivity index (χ3v) is 4.28. The molecule has 0 bridgehead atoms. The number of aryl methyl sites for hydroxylation is 1. The third-order valence-electron chi connectivity index (χ3n) is 3.83. The molecule has 0 heterocycles. The van der Waals surface area contributed by atoms with Crippen molar-refractivity contribution < 1.29 is 0 Å². The molecule has 1 aromatic rings. The van der Waals surface area contributed by atoms with Gasteiger partial charge in [-0.1, -0.05) is 29.8 Å². The number of anilines is 1. The zero-order valence-electron chi connectivity index (χ0n) is 11.0. The van der Waals surface area contributed by atoms with Gasteiger partial charge >= 0.3 is 0 Å². The van der Waals surface area contributed by atoms with Crippen LogP contribution in [0.25, 0.3) is 0 Å². The minimum Gasteiger partial charge on any atom is -0.382 e. The first-order valence-corrected chi connectivity index (χ1v) is 7.37. The summed E-state index contributed by atoms with van der Waals surface area (Å²) in [6.07, 6.45) is 4.01. The Labute approximate surface area is 113 Å². The fourth-order valence-electron chi connectivity index (χ4n) is 2.91. The fraction of sp³-hybridized carbons (Fsp3) is 0.600. The van der Waals surface area contributed by atoms with Gasteiger partial charge in [0.25, 0.3) is 0 Å². The topological polar surface area (TPSA) is 12.0 Å². The largest absolute Gasteiger partial charge is 0.382 e. The highest BCUT2D eigenvalue weighted by molar-refractivity contribution is 9.10. The molecule has 1 fully saturated rings. The predicted molar refractivity (Wildman–Crippen MR) is 78.5 cm³/mol. The van der Waals surface area contributed by atoms with Crippen LogP contribution in [0.1, 0.15) is 38.7 Å². The molecule has 3 unspecified atom stereocenters. The van der Waals surface area contributed by atoms with Crippen LogP contribution < -0.4 is 5.32 Å². The van der Waals surface area contributed by atoms with Crippen molar-refractivity contribution in [3.63, 3.8) is 0 Å². The molecule has 1 nitrogen and oxygen atoms in total. The van der Waals surface area contributed by atoms with Gasteiger partial charge in [0.1, 0.15) is 0 Å². The Morgan fingerprint density at radius 3 is 2.59 bits per heavy atom. The summed E-state index contributed by atoms with van der Waals surface area (Å²) in [6, 6.07) is 7.20. The molecule has 1 N–H and O–H groups in total. The summed E-state index contributed by atoms with van der Waals surface area (Å²) in [5, 5.41) is 3.70. The normalized spacial score (nSPS) is 29.1. The Morgan fingerprint density at radius 2 is 1.94 bits per heavy atom. The molecule has 1 aliphatic carbocycles. The van der Waals surface area contributed by atoms with E-state index in [9.17, 15) is 0 Å². The number of nitrogens with one attached hydrogen (secondary N) is 1.